The molecule has 0 bridgehead atoms. The molecule has 1 amide bonds. The van der Waals surface area contributed by atoms with Gasteiger partial charge in [0.15, 0.2) is 0 Å². The van der Waals surface area contributed by atoms with Crippen LogP contribution in [0, 0.1) is 5.92 Å². The van der Waals surface area contributed by atoms with E-state index in [4.69, 9.17) is 10.5 Å². The number of rotatable bonds is 2. The Bertz CT molecular complexity index is 179. The van der Waals surface area contributed by atoms with Crippen LogP contribution in [0.5, 0.6) is 0 Å². The molecule has 1 rings (SSSR count). The van der Waals surface area contributed by atoms with Gasteiger partial charge < -0.3 is 10.5 Å². The van der Waals surface area contributed by atoms with Crippen molar-refractivity contribution in [2.75, 3.05) is 0 Å². The largest absolute Gasteiger partial charge is 0.446 e. The Hall–Kier alpha value is -0.990. The molecule has 0 radical (unpaired) electrons. The number of ether oxygens (including phenoxy) is 1. The van der Waals surface area contributed by atoms with E-state index in [-0.39, 0.29) is 6.10 Å². The van der Waals surface area contributed by atoms with Crippen LogP contribution in [0.25, 0.3) is 0 Å². The fourth-order valence-corrected chi connectivity index (χ4v) is 1.67. The first-order valence-electron chi connectivity index (χ1n) is 4.31. The monoisotopic (exact) mass is 169 g/mol. The molecule has 0 aromatic rings. The SMILES string of the molecule is C=CC1CCCC(OC(N)=O)C1. The molecule has 0 aliphatic heterocycles. The summed E-state index contributed by atoms with van der Waals surface area (Å²) in [5, 5.41) is 0. The van der Waals surface area contributed by atoms with Crippen molar-refractivity contribution in [2.24, 2.45) is 11.7 Å². The van der Waals surface area contributed by atoms with Gasteiger partial charge in [-0.3, -0.25) is 0 Å². The molecular weight excluding hydrogens is 154 g/mol. The van der Waals surface area contributed by atoms with Crippen LogP contribution in [0.15, 0.2) is 12.7 Å². The Balaban J connectivity index is 2.35. The smallest absolute Gasteiger partial charge is 0.404 e. The van der Waals surface area contributed by atoms with Crippen molar-refractivity contribution in [1.82, 2.24) is 0 Å². The molecule has 0 aromatic carbocycles. The lowest BCUT2D eigenvalue weighted by molar-refractivity contribution is 0.0732. The summed E-state index contributed by atoms with van der Waals surface area (Å²) in [5.74, 6) is 0.489. The number of carbonyl (C=O) groups excluding carboxylic acids is 1. The van der Waals surface area contributed by atoms with Gasteiger partial charge in [-0.05, 0) is 31.6 Å². The van der Waals surface area contributed by atoms with E-state index in [1.54, 1.807) is 0 Å². The van der Waals surface area contributed by atoms with Gasteiger partial charge in [0.2, 0.25) is 0 Å². The summed E-state index contributed by atoms with van der Waals surface area (Å²) in [6.07, 6.45) is 5.34. The topological polar surface area (TPSA) is 52.3 Å². The lowest BCUT2D eigenvalue weighted by Crippen LogP contribution is -2.27. The molecule has 12 heavy (non-hydrogen) atoms. The van der Waals surface area contributed by atoms with Crippen LogP contribution < -0.4 is 5.73 Å². The second-order valence-corrected chi connectivity index (χ2v) is 3.22. The number of hydrogen-bond donors (Lipinski definition) is 1. The van der Waals surface area contributed by atoms with E-state index in [0.717, 1.165) is 25.7 Å². The maximum Gasteiger partial charge on any atom is 0.404 e. The first-order chi connectivity index (χ1) is 5.72. The van der Waals surface area contributed by atoms with Gasteiger partial charge in [0.1, 0.15) is 6.10 Å². The van der Waals surface area contributed by atoms with E-state index >= 15 is 0 Å². The molecule has 1 aliphatic carbocycles. The summed E-state index contributed by atoms with van der Waals surface area (Å²) in [7, 11) is 0. The summed E-state index contributed by atoms with van der Waals surface area (Å²) >= 11 is 0. The Kier molecular flexibility index (Phi) is 3.14. The third kappa shape index (κ3) is 2.57. The van der Waals surface area contributed by atoms with Crippen molar-refractivity contribution in [1.29, 1.82) is 0 Å². The summed E-state index contributed by atoms with van der Waals surface area (Å²) in [5.41, 5.74) is 4.92. The first kappa shape index (κ1) is 9.10. The molecule has 2 atom stereocenters. The maximum absolute atomic E-state index is 10.4. The van der Waals surface area contributed by atoms with Crippen molar-refractivity contribution in [2.45, 2.75) is 31.8 Å². The number of amides is 1. The van der Waals surface area contributed by atoms with Gasteiger partial charge in [-0.15, -0.1) is 6.58 Å². The zero-order valence-electron chi connectivity index (χ0n) is 7.16. The van der Waals surface area contributed by atoms with Crippen molar-refractivity contribution in [3.8, 4) is 0 Å². The van der Waals surface area contributed by atoms with Crippen molar-refractivity contribution < 1.29 is 9.53 Å². The van der Waals surface area contributed by atoms with E-state index in [9.17, 15) is 4.79 Å². The van der Waals surface area contributed by atoms with Crippen molar-refractivity contribution in [3.05, 3.63) is 12.7 Å². The molecule has 0 heterocycles. The summed E-state index contributed by atoms with van der Waals surface area (Å²) in [4.78, 5) is 10.4. The van der Waals surface area contributed by atoms with Gasteiger partial charge in [-0.25, -0.2) is 4.79 Å². The zero-order valence-corrected chi connectivity index (χ0v) is 7.16. The van der Waals surface area contributed by atoms with Crippen LogP contribution in [0.1, 0.15) is 25.7 Å². The van der Waals surface area contributed by atoms with Gasteiger partial charge in [-0.1, -0.05) is 6.08 Å². The highest BCUT2D eigenvalue weighted by Crippen LogP contribution is 2.26. The lowest BCUT2D eigenvalue weighted by atomic mass is 9.87. The summed E-state index contributed by atoms with van der Waals surface area (Å²) in [6, 6.07) is 0. The molecular formula is C9H15NO2. The van der Waals surface area contributed by atoms with Crippen LogP contribution in [0.3, 0.4) is 0 Å². The Morgan fingerprint density at radius 1 is 1.58 bits per heavy atom. The average molecular weight is 169 g/mol. The van der Waals surface area contributed by atoms with E-state index in [1.165, 1.54) is 0 Å². The highest BCUT2D eigenvalue weighted by atomic mass is 16.6. The Morgan fingerprint density at radius 3 is 2.92 bits per heavy atom. The Morgan fingerprint density at radius 2 is 2.33 bits per heavy atom. The summed E-state index contributed by atoms with van der Waals surface area (Å²) in [6.45, 7) is 3.73. The van der Waals surface area contributed by atoms with Gasteiger partial charge in [-0.2, -0.15) is 0 Å². The highest BCUT2D eigenvalue weighted by molar-refractivity contribution is 5.64. The van der Waals surface area contributed by atoms with Gasteiger partial charge in [0.05, 0.1) is 0 Å². The van der Waals surface area contributed by atoms with E-state index in [1.807, 2.05) is 6.08 Å². The minimum absolute atomic E-state index is 0.0132. The van der Waals surface area contributed by atoms with Gasteiger partial charge >= 0.3 is 6.09 Å². The number of allylic oxidation sites excluding steroid dienone is 1. The second kappa shape index (κ2) is 4.14. The van der Waals surface area contributed by atoms with Gasteiger partial charge in [0, 0.05) is 0 Å². The predicted molar refractivity (Wildman–Crippen MR) is 46.6 cm³/mol. The number of primary amides is 1. The fraction of sp³-hybridized carbons (Fsp3) is 0.667. The minimum Gasteiger partial charge on any atom is -0.446 e. The first-order valence-corrected chi connectivity index (χ1v) is 4.31. The normalized spacial score (nSPS) is 29.3. The zero-order chi connectivity index (χ0) is 8.97. The molecule has 1 saturated carbocycles. The van der Waals surface area contributed by atoms with Crippen LogP contribution in [-0.4, -0.2) is 12.2 Å². The molecule has 1 aliphatic rings. The number of nitrogens with two attached hydrogens (primary N) is 1. The molecule has 0 spiro atoms. The lowest BCUT2D eigenvalue weighted by Gasteiger charge is -2.26. The quantitative estimate of drug-likeness (QED) is 0.641. The van der Waals surface area contributed by atoms with E-state index in [2.05, 4.69) is 6.58 Å². The average Bonchev–Trinajstić information content (AvgIpc) is 2.03. The standard InChI is InChI=1S/C9H15NO2/c1-2-7-4-3-5-8(6-7)12-9(10)11/h2,7-8H,1,3-6H2,(H2,10,11). The molecule has 2 N–H and O–H groups in total. The molecule has 1 fully saturated rings. The van der Waals surface area contributed by atoms with Crippen LogP contribution in [0.2, 0.25) is 0 Å². The predicted octanol–water partition coefficient (Wildman–Crippen LogP) is 1.83. The second-order valence-electron chi connectivity index (χ2n) is 3.22. The maximum atomic E-state index is 10.4. The molecule has 3 heteroatoms. The summed E-state index contributed by atoms with van der Waals surface area (Å²) < 4.78 is 4.91. The van der Waals surface area contributed by atoms with Crippen LogP contribution in [0.4, 0.5) is 4.79 Å². The fourth-order valence-electron chi connectivity index (χ4n) is 1.67. The highest BCUT2D eigenvalue weighted by Gasteiger charge is 2.21. The number of carbonyl (C=O) groups is 1. The van der Waals surface area contributed by atoms with E-state index < -0.39 is 6.09 Å². The molecule has 0 saturated heterocycles. The van der Waals surface area contributed by atoms with Crippen molar-refractivity contribution >= 4 is 6.09 Å². The molecule has 0 aromatic heterocycles. The molecule has 2 unspecified atom stereocenters. The molecule has 68 valence electrons. The number of hydrogen-bond acceptors (Lipinski definition) is 2. The third-order valence-electron chi connectivity index (χ3n) is 2.28. The molecule has 3 nitrogen and oxygen atoms in total. The van der Waals surface area contributed by atoms with Crippen molar-refractivity contribution in [3.63, 3.8) is 0 Å². The third-order valence-corrected chi connectivity index (χ3v) is 2.28. The van der Waals surface area contributed by atoms with Crippen LogP contribution >= 0.6 is 0 Å². The minimum atomic E-state index is -0.662. The van der Waals surface area contributed by atoms with Crippen LogP contribution in [-0.2, 0) is 4.74 Å². The van der Waals surface area contributed by atoms with E-state index in [0.29, 0.717) is 5.92 Å². The van der Waals surface area contributed by atoms with Gasteiger partial charge in [0.25, 0.3) is 0 Å². The Labute approximate surface area is 72.6 Å².